The van der Waals surface area contributed by atoms with Crippen molar-refractivity contribution in [3.05, 3.63) is 82.1 Å². The highest BCUT2D eigenvalue weighted by molar-refractivity contribution is 6.31. The van der Waals surface area contributed by atoms with Crippen molar-refractivity contribution >= 4 is 17.5 Å². The molecule has 4 rings (SSSR count). The van der Waals surface area contributed by atoms with Gasteiger partial charge in [-0.2, -0.15) is 0 Å². The molecule has 138 valence electrons. The summed E-state index contributed by atoms with van der Waals surface area (Å²) in [5.74, 6) is -0.392. The van der Waals surface area contributed by atoms with Gasteiger partial charge in [0.15, 0.2) is 0 Å². The van der Waals surface area contributed by atoms with Gasteiger partial charge in [0.2, 0.25) is 0 Å². The molecule has 2 aromatic carbocycles. The van der Waals surface area contributed by atoms with Crippen LogP contribution in [0.5, 0.6) is 5.75 Å². The molecule has 3 aromatic rings. The number of carbonyl (C=O) groups excluding carboxylic acids is 1. The fourth-order valence-corrected chi connectivity index (χ4v) is 3.60. The summed E-state index contributed by atoms with van der Waals surface area (Å²) < 4.78 is 19.5. The second-order valence-corrected chi connectivity index (χ2v) is 6.84. The monoisotopic (exact) mass is 385 g/mol. The molecular weight excluding hydrogens is 369 g/mol. The Morgan fingerprint density at radius 2 is 2.19 bits per heavy atom. The van der Waals surface area contributed by atoms with Crippen LogP contribution in [0.3, 0.4) is 0 Å². The number of ether oxygens (including phenoxy) is 1. The molecule has 2 heterocycles. The van der Waals surface area contributed by atoms with Gasteiger partial charge >= 0.3 is 0 Å². The van der Waals surface area contributed by atoms with E-state index in [0.717, 1.165) is 22.7 Å². The summed E-state index contributed by atoms with van der Waals surface area (Å²) in [4.78, 5) is 22.1. The Kier molecular flexibility index (Phi) is 4.58. The molecule has 0 spiro atoms. The Hall–Kier alpha value is -2.86. The average Bonchev–Trinajstić information content (AvgIpc) is 3.17. The number of hydrogen-bond donors (Lipinski definition) is 1. The number of rotatable bonds is 3. The smallest absolute Gasteiger partial charge is 0.257 e. The molecule has 1 aliphatic heterocycles. The van der Waals surface area contributed by atoms with E-state index in [-0.39, 0.29) is 11.5 Å². The van der Waals surface area contributed by atoms with E-state index in [1.54, 1.807) is 18.3 Å². The van der Waals surface area contributed by atoms with E-state index in [4.69, 9.17) is 16.3 Å². The predicted octanol–water partition coefficient (Wildman–Crippen LogP) is 4.00. The van der Waals surface area contributed by atoms with Crippen molar-refractivity contribution in [3.63, 3.8) is 0 Å². The third-order valence-electron chi connectivity index (χ3n) is 4.78. The number of halogens is 2. The normalized spacial score (nSPS) is 16.1. The van der Waals surface area contributed by atoms with Crippen LogP contribution in [0.4, 0.5) is 4.39 Å². The minimum absolute atomic E-state index is 0.0325. The summed E-state index contributed by atoms with van der Waals surface area (Å²) >= 11 is 5.95. The van der Waals surface area contributed by atoms with Gasteiger partial charge in [-0.05, 0) is 35.9 Å². The molecule has 27 heavy (non-hydrogen) atoms. The topological polar surface area (TPSA) is 58.2 Å². The zero-order chi connectivity index (χ0) is 19.0. The lowest BCUT2D eigenvalue weighted by atomic mass is 9.90. The number of aromatic nitrogens is 2. The van der Waals surface area contributed by atoms with Crippen molar-refractivity contribution in [2.45, 2.75) is 12.5 Å². The van der Waals surface area contributed by atoms with Gasteiger partial charge in [-0.3, -0.25) is 4.79 Å². The zero-order valence-electron chi connectivity index (χ0n) is 14.6. The molecule has 1 unspecified atom stereocenters. The summed E-state index contributed by atoms with van der Waals surface area (Å²) in [6.45, 7) is 0.719. The Balaban J connectivity index is 1.71. The second kappa shape index (κ2) is 7.04. The van der Waals surface area contributed by atoms with E-state index in [9.17, 15) is 9.18 Å². The van der Waals surface area contributed by atoms with Crippen LogP contribution in [0.15, 0.2) is 48.8 Å². The van der Waals surface area contributed by atoms with E-state index in [0.29, 0.717) is 18.1 Å². The molecular formula is C20H17ClFN3O2. The standard InChI is InChI=1S/C20H17ClFN3O2/c1-27-14-4-2-3-12(7-14)16-9-25(10-18-19(16)24-11-23-18)20(26)15-8-13(21)5-6-17(15)22/h2-8,11,16H,9-10H2,1H3,(H,23,24). The Morgan fingerprint density at radius 1 is 1.33 bits per heavy atom. The van der Waals surface area contributed by atoms with Gasteiger partial charge in [-0.15, -0.1) is 0 Å². The molecule has 0 saturated carbocycles. The molecule has 0 saturated heterocycles. The lowest BCUT2D eigenvalue weighted by Gasteiger charge is -2.32. The summed E-state index contributed by atoms with van der Waals surface area (Å²) in [5.41, 5.74) is 2.67. The number of H-pyrrole nitrogens is 1. The molecule has 0 aliphatic carbocycles. The highest BCUT2D eigenvalue weighted by Gasteiger charge is 2.32. The van der Waals surface area contributed by atoms with E-state index < -0.39 is 11.7 Å². The van der Waals surface area contributed by atoms with Gasteiger partial charge in [-0.1, -0.05) is 23.7 Å². The molecule has 5 nitrogen and oxygen atoms in total. The Labute approximate surface area is 160 Å². The fourth-order valence-electron chi connectivity index (χ4n) is 3.43. The number of carbonyl (C=O) groups is 1. The molecule has 0 fully saturated rings. The molecule has 7 heteroatoms. The van der Waals surface area contributed by atoms with Gasteiger partial charge in [-0.25, -0.2) is 9.37 Å². The number of amides is 1. The van der Waals surface area contributed by atoms with Gasteiger partial charge in [0.25, 0.3) is 5.91 Å². The molecule has 1 amide bonds. The van der Waals surface area contributed by atoms with Crippen molar-refractivity contribution in [2.24, 2.45) is 0 Å². The number of hydrogen-bond acceptors (Lipinski definition) is 3. The Morgan fingerprint density at radius 3 is 3.00 bits per heavy atom. The summed E-state index contributed by atoms with van der Waals surface area (Å²) in [6.07, 6.45) is 1.62. The van der Waals surface area contributed by atoms with E-state index in [2.05, 4.69) is 9.97 Å². The second-order valence-electron chi connectivity index (χ2n) is 6.41. The average molecular weight is 386 g/mol. The summed E-state index contributed by atoms with van der Waals surface area (Å²) in [6, 6.07) is 11.7. The van der Waals surface area contributed by atoms with E-state index >= 15 is 0 Å². The van der Waals surface area contributed by atoms with Crippen molar-refractivity contribution in [2.75, 3.05) is 13.7 Å². The predicted molar refractivity (Wildman–Crippen MR) is 99.6 cm³/mol. The van der Waals surface area contributed by atoms with Gasteiger partial charge in [0.1, 0.15) is 11.6 Å². The van der Waals surface area contributed by atoms with E-state index in [1.165, 1.54) is 18.2 Å². The zero-order valence-corrected chi connectivity index (χ0v) is 15.3. The summed E-state index contributed by atoms with van der Waals surface area (Å²) in [5, 5.41) is 0.323. The highest BCUT2D eigenvalue weighted by atomic mass is 35.5. The first-order valence-electron chi connectivity index (χ1n) is 8.47. The molecule has 0 bridgehead atoms. The largest absolute Gasteiger partial charge is 0.497 e. The third-order valence-corrected chi connectivity index (χ3v) is 5.01. The molecule has 1 N–H and O–H groups in total. The third kappa shape index (κ3) is 3.28. The fraction of sp³-hybridized carbons (Fsp3) is 0.200. The first kappa shape index (κ1) is 17.5. The van der Waals surface area contributed by atoms with Crippen LogP contribution in [0, 0.1) is 5.82 Å². The lowest BCUT2D eigenvalue weighted by molar-refractivity contribution is 0.0717. The first-order chi connectivity index (χ1) is 13.1. The maximum absolute atomic E-state index is 14.2. The molecule has 1 atom stereocenters. The molecule has 0 radical (unpaired) electrons. The molecule has 1 aliphatic rings. The minimum atomic E-state index is -0.585. The van der Waals surface area contributed by atoms with Crippen LogP contribution >= 0.6 is 11.6 Å². The highest BCUT2D eigenvalue weighted by Crippen LogP contribution is 2.34. The van der Waals surface area contributed by atoms with Crippen LogP contribution in [0.1, 0.15) is 33.2 Å². The maximum Gasteiger partial charge on any atom is 0.257 e. The quantitative estimate of drug-likeness (QED) is 0.741. The maximum atomic E-state index is 14.2. The van der Waals surface area contributed by atoms with Crippen molar-refractivity contribution in [3.8, 4) is 5.75 Å². The van der Waals surface area contributed by atoms with Gasteiger partial charge < -0.3 is 14.6 Å². The van der Waals surface area contributed by atoms with Gasteiger partial charge in [0, 0.05) is 17.5 Å². The lowest BCUT2D eigenvalue weighted by Crippen LogP contribution is -2.39. The van der Waals surface area contributed by atoms with Crippen LogP contribution in [-0.4, -0.2) is 34.4 Å². The van der Waals surface area contributed by atoms with Crippen molar-refractivity contribution in [1.29, 1.82) is 0 Å². The summed E-state index contributed by atoms with van der Waals surface area (Å²) in [7, 11) is 1.61. The number of aromatic amines is 1. The number of nitrogens with zero attached hydrogens (tertiary/aromatic N) is 2. The van der Waals surface area contributed by atoms with Gasteiger partial charge in [0.05, 0.1) is 36.9 Å². The van der Waals surface area contributed by atoms with Crippen LogP contribution in [0.2, 0.25) is 5.02 Å². The number of fused-ring (bicyclic) bond motifs is 1. The number of nitrogens with one attached hydrogen (secondary N) is 1. The SMILES string of the molecule is COc1cccc(C2CN(C(=O)c3cc(Cl)ccc3F)Cc3[nH]cnc32)c1. The van der Waals surface area contributed by atoms with Crippen LogP contribution < -0.4 is 4.74 Å². The minimum Gasteiger partial charge on any atom is -0.497 e. The van der Waals surface area contributed by atoms with Crippen molar-refractivity contribution in [1.82, 2.24) is 14.9 Å². The van der Waals surface area contributed by atoms with Crippen molar-refractivity contribution < 1.29 is 13.9 Å². The van der Waals surface area contributed by atoms with Crippen LogP contribution in [0.25, 0.3) is 0 Å². The Bertz CT molecular complexity index is 1000. The van der Waals surface area contributed by atoms with E-state index in [1.807, 2.05) is 24.3 Å². The van der Waals surface area contributed by atoms with Crippen LogP contribution in [-0.2, 0) is 6.54 Å². The number of benzene rings is 2. The first-order valence-corrected chi connectivity index (χ1v) is 8.85. The number of methoxy groups -OCH3 is 1. The number of imidazole rings is 1. The molecule has 1 aromatic heterocycles.